The van der Waals surface area contributed by atoms with Crippen LogP contribution in [0.5, 0.6) is 11.5 Å². The lowest BCUT2D eigenvalue weighted by Crippen LogP contribution is -1.98. The molecule has 172 valence electrons. The van der Waals surface area contributed by atoms with Gasteiger partial charge in [0.1, 0.15) is 18.1 Å². The number of nitrogens with zero attached hydrogens (tertiary/aromatic N) is 3. The minimum atomic E-state index is 0.401. The number of fused-ring (bicyclic) bond motifs is 1. The Morgan fingerprint density at radius 1 is 0.829 bits per heavy atom. The number of hydrogen-bond acceptors (Lipinski definition) is 5. The quantitative estimate of drug-likeness (QED) is 0.295. The molecule has 0 aliphatic heterocycles. The third kappa shape index (κ3) is 5.62. The third-order valence-electron chi connectivity index (χ3n) is 5.45. The molecule has 0 amide bonds. The summed E-state index contributed by atoms with van der Waals surface area (Å²) in [5.74, 6) is 1.45. The fourth-order valence-electron chi connectivity index (χ4n) is 3.63. The Morgan fingerprint density at radius 3 is 2.66 bits per heavy atom. The van der Waals surface area contributed by atoms with Crippen molar-refractivity contribution in [3.05, 3.63) is 113 Å². The molecule has 1 N–H and O–H groups in total. The fourth-order valence-corrected chi connectivity index (χ4v) is 3.63. The molecule has 0 fully saturated rings. The number of ether oxygens (including phenoxy) is 2. The highest BCUT2D eigenvalue weighted by Gasteiger charge is 2.05. The van der Waals surface area contributed by atoms with E-state index in [0.29, 0.717) is 6.61 Å². The summed E-state index contributed by atoms with van der Waals surface area (Å²) < 4.78 is 11.4. The van der Waals surface area contributed by atoms with Crippen molar-refractivity contribution in [3.63, 3.8) is 0 Å². The molecule has 0 atom stereocenters. The molecule has 3 heterocycles. The van der Waals surface area contributed by atoms with Crippen molar-refractivity contribution < 1.29 is 9.47 Å². The first-order chi connectivity index (χ1) is 17.3. The van der Waals surface area contributed by atoms with Crippen molar-refractivity contribution in [1.29, 1.82) is 0 Å². The standard InChI is InChI=1S/C29H24N4O2/c1-34-29-19-27(35-20-26-6-2-3-15-30-26)14-11-23(29)10-13-25-18-24(32-33-25)12-8-21-7-9-22-5-4-16-31-28(22)17-21/h2-19H,20H2,1H3,(H,32,33). The van der Waals surface area contributed by atoms with Crippen molar-refractivity contribution >= 4 is 35.2 Å². The van der Waals surface area contributed by atoms with Crippen molar-refractivity contribution in [2.24, 2.45) is 0 Å². The first kappa shape index (κ1) is 22.1. The minimum Gasteiger partial charge on any atom is -0.496 e. The summed E-state index contributed by atoms with van der Waals surface area (Å²) in [6.45, 7) is 0.401. The predicted molar refractivity (Wildman–Crippen MR) is 140 cm³/mol. The molecule has 0 spiro atoms. The molecule has 6 nitrogen and oxygen atoms in total. The van der Waals surface area contributed by atoms with Crippen LogP contribution in [-0.2, 0) is 6.61 Å². The second-order valence-corrected chi connectivity index (χ2v) is 7.88. The normalized spacial score (nSPS) is 11.5. The van der Waals surface area contributed by atoms with Gasteiger partial charge in [-0.25, -0.2) is 0 Å². The van der Waals surface area contributed by atoms with Crippen molar-refractivity contribution in [2.75, 3.05) is 7.11 Å². The lowest BCUT2D eigenvalue weighted by Gasteiger charge is -2.09. The van der Waals surface area contributed by atoms with Crippen molar-refractivity contribution in [2.45, 2.75) is 6.61 Å². The zero-order valence-electron chi connectivity index (χ0n) is 19.3. The number of methoxy groups -OCH3 is 1. The zero-order valence-corrected chi connectivity index (χ0v) is 19.3. The van der Waals surface area contributed by atoms with Crippen molar-refractivity contribution in [1.82, 2.24) is 20.2 Å². The second-order valence-electron chi connectivity index (χ2n) is 7.88. The van der Waals surface area contributed by atoms with E-state index in [1.807, 2.05) is 72.8 Å². The Morgan fingerprint density at radius 2 is 1.77 bits per heavy atom. The van der Waals surface area contributed by atoms with Gasteiger partial charge in [-0.3, -0.25) is 15.1 Å². The Hall–Kier alpha value is -4.71. The number of aromatic amines is 1. The molecule has 0 aliphatic rings. The van der Waals surface area contributed by atoms with E-state index in [0.717, 1.165) is 50.6 Å². The number of pyridine rings is 2. The summed E-state index contributed by atoms with van der Waals surface area (Å²) in [7, 11) is 1.65. The molecule has 0 aliphatic carbocycles. The van der Waals surface area contributed by atoms with E-state index in [9.17, 15) is 0 Å². The third-order valence-corrected chi connectivity index (χ3v) is 5.45. The Bertz CT molecular complexity index is 1490. The van der Waals surface area contributed by atoms with E-state index in [1.165, 1.54) is 0 Å². The van der Waals surface area contributed by atoms with E-state index in [4.69, 9.17) is 9.47 Å². The highest BCUT2D eigenvalue weighted by Crippen LogP contribution is 2.27. The Balaban J connectivity index is 1.25. The van der Waals surface area contributed by atoms with E-state index in [2.05, 4.69) is 44.4 Å². The van der Waals surface area contributed by atoms with Gasteiger partial charge in [0.25, 0.3) is 0 Å². The maximum absolute atomic E-state index is 5.85. The van der Waals surface area contributed by atoms with Gasteiger partial charge in [-0.15, -0.1) is 0 Å². The van der Waals surface area contributed by atoms with Crippen LogP contribution < -0.4 is 9.47 Å². The summed E-state index contributed by atoms with van der Waals surface area (Å²) in [5.41, 5.74) is 5.60. The highest BCUT2D eigenvalue weighted by atomic mass is 16.5. The van der Waals surface area contributed by atoms with Gasteiger partial charge in [0, 0.05) is 29.4 Å². The van der Waals surface area contributed by atoms with Crippen LogP contribution in [0.3, 0.4) is 0 Å². The Kier molecular flexibility index (Phi) is 6.62. The number of aromatic nitrogens is 4. The van der Waals surface area contributed by atoms with Crippen LogP contribution in [0.1, 0.15) is 28.2 Å². The molecular formula is C29H24N4O2. The van der Waals surface area contributed by atoms with Gasteiger partial charge in [0.15, 0.2) is 0 Å². The smallest absolute Gasteiger partial charge is 0.130 e. The first-order valence-corrected chi connectivity index (χ1v) is 11.2. The number of nitrogens with one attached hydrogen (secondary N) is 1. The van der Waals surface area contributed by atoms with E-state index in [-0.39, 0.29) is 0 Å². The maximum Gasteiger partial charge on any atom is 0.130 e. The summed E-state index contributed by atoms with van der Waals surface area (Å²) in [5, 5.41) is 8.57. The maximum atomic E-state index is 5.85. The van der Waals surface area contributed by atoms with Crippen LogP contribution in [0.25, 0.3) is 35.2 Å². The lowest BCUT2D eigenvalue weighted by molar-refractivity contribution is 0.299. The summed E-state index contributed by atoms with van der Waals surface area (Å²) >= 11 is 0. The van der Waals surface area contributed by atoms with Crippen LogP contribution in [-0.4, -0.2) is 27.3 Å². The molecule has 2 aromatic carbocycles. The molecule has 35 heavy (non-hydrogen) atoms. The zero-order chi connectivity index (χ0) is 23.9. The van der Waals surface area contributed by atoms with Crippen LogP contribution in [0, 0.1) is 0 Å². The SMILES string of the molecule is COc1cc(OCc2ccccn2)ccc1C=Cc1cc(C=Cc2ccc3cccnc3c2)[nH]n1. The van der Waals surface area contributed by atoms with Gasteiger partial charge in [-0.1, -0.05) is 30.3 Å². The minimum absolute atomic E-state index is 0.401. The number of hydrogen-bond donors (Lipinski definition) is 1. The lowest BCUT2D eigenvalue weighted by atomic mass is 10.1. The van der Waals surface area contributed by atoms with Crippen LogP contribution in [0.2, 0.25) is 0 Å². The molecule has 0 bridgehead atoms. The highest BCUT2D eigenvalue weighted by molar-refractivity contribution is 5.82. The van der Waals surface area contributed by atoms with Gasteiger partial charge in [-0.05, 0) is 66.3 Å². The van der Waals surface area contributed by atoms with Gasteiger partial charge in [0.05, 0.1) is 29.7 Å². The van der Waals surface area contributed by atoms with Crippen LogP contribution >= 0.6 is 0 Å². The molecular weight excluding hydrogens is 436 g/mol. The van der Waals surface area contributed by atoms with Crippen molar-refractivity contribution in [3.8, 4) is 11.5 Å². The largest absolute Gasteiger partial charge is 0.496 e. The summed E-state index contributed by atoms with van der Waals surface area (Å²) in [6, 6.07) is 23.7. The van der Waals surface area contributed by atoms with Crippen LogP contribution in [0.4, 0.5) is 0 Å². The first-order valence-electron chi connectivity index (χ1n) is 11.2. The molecule has 6 heteroatoms. The molecule has 5 rings (SSSR count). The molecule has 5 aromatic rings. The van der Waals surface area contributed by atoms with E-state index in [1.54, 1.807) is 19.5 Å². The topological polar surface area (TPSA) is 72.9 Å². The summed E-state index contributed by atoms with van der Waals surface area (Å²) in [4.78, 5) is 8.69. The van der Waals surface area contributed by atoms with Gasteiger partial charge >= 0.3 is 0 Å². The van der Waals surface area contributed by atoms with Crippen LogP contribution in [0.15, 0.2) is 85.2 Å². The van der Waals surface area contributed by atoms with Gasteiger partial charge in [-0.2, -0.15) is 5.10 Å². The van der Waals surface area contributed by atoms with E-state index < -0.39 is 0 Å². The second kappa shape index (κ2) is 10.5. The molecule has 0 unspecified atom stereocenters. The number of benzene rings is 2. The molecule has 3 aromatic heterocycles. The number of H-pyrrole nitrogens is 1. The fraction of sp³-hybridized carbons (Fsp3) is 0.0690. The van der Waals surface area contributed by atoms with Gasteiger partial charge in [0.2, 0.25) is 0 Å². The monoisotopic (exact) mass is 460 g/mol. The molecule has 0 saturated carbocycles. The molecule has 0 saturated heterocycles. The molecule has 0 radical (unpaired) electrons. The van der Waals surface area contributed by atoms with Gasteiger partial charge < -0.3 is 9.47 Å². The predicted octanol–water partition coefficient (Wildman–Crippen LogP) is 6.28. The Labute approximate surface area is 203 Å². The average Bonchev–Trinajstić information content (AvgIpc) is 3.38. The van der Waals surface area contributed by atoms with E-state index >= 15 is 0 Å². The average molecular weight is 461 g/mol. The number of rotatable bonds is 8. The summed E-state index contributed by atoms with van der Waals surface area (Å²) in [6.07, 6.45) is 11.5.